The van der Waals surface area contributed by atoms with Crippen molar-refractivity contribution in [3.8, 4) is 11.5 Å². The molecule has 1 aliphatic rings. The molecule has 168 valence electrons. The van der Waals surface area contributed by atoms with Crippen LogP contribution in [0.3, 0.4) is 0 Å². The van der Waals surface area contributed by atoms with Gasteiger partial charge in [0.05, 0.1) is 20.1 Å². The number of hydrogen-bond donors (Lipinski definition) is 1. The molecule has 0 aromatic heterocycles. The minimum Gasteiger partial charge on any atom is -0.489 e. The number of amides is 1. The minimum atomic E-state index is -0.508. The van der Waals surface area contributed by atoms with E-state index in [-0.39, 0.29) is 30.5 Å². The number of nitrogens with zero attached hydrogens (tertiary/aromatic N) is 1. The van der Waals surface area contributed by atoms with Crippen LogP contribution in [0.25, 0.3) is 0 Å². The summed E-state index contributed by atoms with van der Waals surface area (Å²) in [6.07, 6.45) is 1.33. The second-order valence-corrected chi connectivity index (χ2v) is 8.69. The molecule has 0 radical (unpaired) electrons. The summed E-state index contributed by atoms with van der Waals surface area (Å²) >= 11 is 0. The van der Waals surface area contributed by atoms with Gasteiger partial charge in [-0.25, -0.2) is 4.79 Å². The van der Waals surface area contributed by atoms with Gasteiger partial charge in [-0.05, 0) is 32.9 Å². The molecular weight excluding hydrogens is 388 g/mol. The number of likely N-dealkylation sites (tertiary alicyclic amines) is 1. The Bertz CT molecular complexity index is 723. The summed E-state index contributed by atoms with van der Waals surface area (Å²) in [5.74, 6) is 0.863. The lowest BCUT2D eigenvalue weighted by molar-refractivity contribution is -0.141. The number of rotatable bonds is 7. The summed E-state index contributed by atoms with van der Waals surface area (Å²) in [7, 11) is 1.37. The number of carbonyl (C=O) groups excluding carboxylic acids is 2. The summed E-state index contributed by atoms with van der Waals surface area (Å²) in [5, 5.41) is 0. The van der Waals surface area contributed by atoms with Gasteiger partial charge in [0.2, 0.25) is 0 Å². The van der Waals surface area contributed by atoms with Crippen molar-refractivity contribution >= 4 is 17.7 Å². The van der Waals surface area contributed by atoms with Crippen LogP contribution in [0.1, 0.15) is 47.0 Å². The van der Waals surface area contributed by atoms with Crippen LogP contribution in [0.5, 0.6) is 11.5 Å². The highest BCUT2D eigenvalue weighted by Gasteiger charge is 2.28. The van der Waals surface area contributed by atoms with E-state index < -0.39 is 5.60 Å². The second kappa shape index (κ2) is 10.4. The number of ether oxygens (including phenoxy) is 4. The van der Waals surface area contributed by atoms with Crippen molar-refractivity contribution < 1.29 is 28.5 Å². The normalized spacial score (nSPS) is 16.0. The fourth-order valence-corrected chi connectivity index (χ4v) is 3.06. The van der Waals surface area contributed by atoms with Gasteiger partial charge >= 0.3 is 12.1 Å². The van der Waals surface area contributed by atoms with Crippen molar-refractivity contribution in [2.24, 2.45) is 5.92 Å². The molecular formula is C22H34N2O6. The van der Waals surface area contributed by atoms with Gasteiger partial charge in [0, 0.05) is 43.6 Å². The van der Waals surface area contributed by atoms with Crippen LogP contribution in [-0.4, -0.2) is 55.5 Å². The molecule has 0 aliphatic carbocycles. The fourth-order valence-electron chi connectivity index (χ4n) is 3.06. The van der Waals surface area contributed by atoms with E-state index in [4.69, 9.17) is 24.7 Å². The number of hydrogen-bond acceptors (Lipinski definition) is 7. The maximum atomic E-state index is 12.2. The summed E-state index contributed by atoms with van der Waals surface area (Å²) in [5.41, 5.74) is 5.96. The molecule has 30 heavy (non-hydrogen) atoms. The van der Waals surface area contributed by atoms with Crippen LogP contribution in [0.4, 0.5) is 10.5 Å². The van der Waals surface area contributed by atoms with Crippen molar-refractivity contribution in [1.29, 1.82) is 0 Å². The van der Waals surface area contributed by atoms with Gasteiger partial charge in [0.25, 0.3) is 0 Å². The number of nitrogens with two attached hydrogens (primary N) is 1. The first-order chi connectivity index (χ1) is 14.1. The molecule has 2 rings (SSSR count). The van der Waals surface area contributed by atoms with Crippen LogP contribution in [-0.2, 0) is 14.3 Å². The first-order valence-electron chi connectivity index (χ1n) is 10.3. The topological polar surface area (TPSA) is 100 Å². The Morgan fingerprint density at radius 3 is 2.47 bits per heavy atom. The Morgan fingerprint density at radius 2 is 1.87 bits per heavy atom. The third-order valence-corrected chi connectivity index (χ3v) is 4.62. The molecule has 0 bridgehead atoms. The van der Waals surface area contributed by atoms with Crippen molar-refractivity contribution in [3.05, 3.63) is 18.2 Å². The number of nitrogen functional groups attached to an aromatic ring is 1. The third-order valence-electron chi connectivity index (χ3n) is 4.62. The second-order valence-electron chi connectivity index (χ2n) is 8.69. The van der Waals surface area contributed by atoms with Gasteiger partial charge in [-0.1, -0.05) is 6.92 Å². The Hall–Kier alpha value is -2.64. The minimum absolute atomic E-state index is 0.0104. The predicted octanol–water partition coefficient (Wildman–Crippen LogP) is 3.63. The summed E-state index contributed by atoms with van der Waals surface area (Å²) in [4.78, 5) is 25.3. The average Bonchev–Trinajstić information content (AvgIpc) is 2.67. The molecule has 1 aromatic carbocycles. The summed E-state index contributed by atoms with van der Waals surface area (Å²) in [6.45, 7) is 8.96. The number of benzene rings is 1. The van der Waals surface area contributed by atoms with Crippen molar-refractivity contribution in [3.63, 3.8) is 0 Å². The summed E-state index contributed by atoms with van der Waals surface area (Å²) < 4.78 is 22.2. The Kier molecular flexibility index (Phi) is 8.20. The van der Waals surface area contributed by atoms with E-state index in [9.17, 15) is 9.59 Å². The molecule has 0 spiro atoms. The zero-order valence-corrected chi connectivity index (χ0v) is 18.6. The molecule has 1 aliphatic heterocycles. The van der Waals surface area contributed by atoms with Crippen LogP contribution < -0.4 is 15.2 Å². The molecule has 8 nitrogen and oxygen atoms in total. The van der Waals surface area contributed by atoms with Gasteiger partial charge < -0.3 is 29.6 Å². The lowest BCUT2D eigenvalue weighted by Gasteiger charge is -2.33. The number of esters is 1. The van der Waals surface area contributed by atoms with Crippen molar-refractivity contribution in [2.45, 2.75) is 58.7 Å². The van der Waals surface area contributed by atoms with Gasteiger partial charge in [0.1, 0.15) is 11.7 Å². The molecule has 2 N–H and O–H groups in total. The van der Waals surface area contributed by atoms with E-state index in [0.29, 0.717) is 49.7 Å². The molecule has 0 saturated carbocycles. The van der Waals surface area contributed by atoms with E-state index in [1.54, 1.807) is 23.1 Å². The summed E-state index contributed by atoms with van der Waals surface area (Å²) in [6, 6.07) is 5.27. The quantitative estimate of drug-likeness (QED) is 0.529. The highest BCUT2D eigenvalue weighted by Crippen LogP contribution is 2.32. The van der Waals surface area contributed by atoms with E-state index >= 15 is 0 Å². The van der Waals surface area contributed by atoms with E-state index in [0.717, 1.165) is 0 Å². The molecule has 1 unspecified atom stereocenters. The molecule has 1 heterocycles. The molecule has 1 aromatic rings. The third kappa shape index (κ3) is 7.65. The zero-order valence-electron chi connectivity index (χ0n) is 18.6. The zero-order chi connectivity index (χ0) is 22.3. The van der Waals surface area contributed by atoms with Gasteiger partial charge in [0.15, 0.2) is 11.5 Å². The first kappa shape index (κ1) is 23.6. The molecule has 8 heteroatoms. The highest BCUT2D eigenvalue weighted by molar-refractivity contribution is 5.69. The van der Waals surface area contributed by atoms with Gasteiger partial charge in [-0.3, -0.25) is 4.79 Å². The van der Waals surface area contributed by atoms with Gasteiger partial charge in [-0.2, -0.15) is 0 Å². The fraction of sp³-hybridized carbons (Fsp3) is 0.636. The SMILES string of the molecule is COC(=O)CC(C)COc1cc(N)ccc1OC1CCN(C(=O)OC(C)(C)C)CC1. The van der Waals surface area contributed by atoms with Crippen LogP contribution in [0.15, 0.2) is 18.2 Å². The average molecular weight is 423 g/mol. The van der Waals surface area contributed by atoms with Crippen LogP contribution in [0, 0.1) is 5.92 Å². The van der Waals surface area contributed by atoms with Gasteiger partial charge in [-0.15, -0.1) is 0 Å². The standard InChI is InChI=1S/C22H34N2O6/c1-15(12-20(25)27-5)14-28-19-13-16(23)6-7-18(19)29-17-8-10-24(11-9-17)21(26)30-22(2,3)4/h6-7,13,15,17H,8-12,14,23H2,1-5H3. The number of methoxy groups -OCH3 is 1. The number of anilines is 1. The van der Waals surface area contributed by atoms with E-state index in [1.807, 2.05) is 27.7 Å². The van der Waals surface area contributed by atoms with E-state index in [2.05, 4.69) is 0 Å². The maximum Gasteiger partial charge on any atom is 0.410 e. The monoisotopic (exact) mass is 422 g/mol. The Balaban J connectivity index is 1.91. The highest BCUT2D eigenvalue weighted by atomic mass is 16.6. The lowest BCUT2D eigenvalue weighted by atomic mass is 10.1. The van der Waals surface area contributed by atoms with Crippen molar-refractivity contribution in [2.75, 3.05) is 32.5 Å². The number of carbonyl (C=O) groups is 2. The molecule has 1 atom stereocenters. The van der Waals surface area contributed by atoms with Crippen LogP contribution in [0.2, 0.25) is 0 Å². The maximum absolute atomic E-state index is 12.2. The van der Waals surface area contributed by atoms with Crippen LogP contribution >= 0.6 is 0 Å². The Morgan fingerprint density at radius 1 is 1.20 bits per heavy atom. The predicted molar refractivity (Wildman–Crippen MR) is 114 cm³/mol. The smallest absolute Gasteiger partial charge is 0.410 e. The lowest BCUT2D eigenvalue weighted by Crippen LogP contribution is -2.44. The first-order valence-corrected chi connectivity index (χ1v) is 10.3. The number of piperidine rings is 1. The molecule has 1 amide bonds. The molecule has 1 saturated heterocycles. The Labute approximate surface area is 178 Å². The molecule has 1 fully saturated rings. The van der Waals surface area contributed by atoms with Crippen molar-refractivity contribution in [1.82, 2.24) is 4.90 Å². The van der Waals surface area contributed by atoms with E-state index in [1.165, 1.54) is 7.11 Å². The largest absolute Gasteiger partial charge is 0.489 e.